The standard InChI is InChI=1S/C28H30BrClN2O2S/c1-2-14-31-28(34)26(17-21-8-4-3-5-9-21)32(18-22-10-6-12-24(29)15-22)27(33)20-35-19-23-11-7-13-25(30)16-23/h3-13,15-16,26H,2,14,17-20H2,1H3,(H,31,34)/t26-/m1/s1. The molecule has 0 saturated heterocycles. The Morgan fingerprint density at radius 1 is 0.971 bits per heavy atom. The fourth-order valence-electron chi connectivity index (χ4n) is 3.72. The number of nitrogens with zero attached hydrogens (tertiary/aromatic N) is 1. The largest absolute Gasteiger partial charge is 0.354 e. The van der Waals surface area contributed by atoms with Crippen molar-refractivity contribution in [1.29, 1.82) is 0 Å². The highest BCUT2D eigenvalue weighted by Crippen LogP contribution is 2.21. The molecule has 0 aliphatic rings. The summed E-state index contributed by atoms with van der Waals surface area (Å²) in [5, 5.41) is 3.69. The van der Waals surface area contributed by atoms with E-state index in [0.717, 1.165) is 27.6 Å². The van der Waals surface area contributed by atoms with Crippen LogP contribution in [0.15, 0.2) is 83.3 Å². The number of hydrogen-bond donors (Lipinski definition) is 1. The van der Waals surface area contributed by atoms with Crippen LogP contribution in [0.4, 0.5) is 0 Å². The van der Waals surface area contributed by atoms with Gasteiger partial charge in [-0.05, 0) is 47.4 Å². The molecule has 4 nitrogen and oxygen atoms in total. The molecule has 0 heterocycles. The van der Waals surface area contributed by atoms with E-state index in [-0.39, 0.29) is 17.6 Å². The molecule has 3 aromatic rings. The molecule has 35 heavy (non-hydrogen) atoms. The lowest BCUT2D eigenvalue weighted by Gasteiger charge is -2.31. The predicted octanol–water partition coefficient (Wildman–Crippen LogP) is 6.50. The summed E-state index contributed by atoms with van der Waals surface area (Å²) in [4.78, 5) is 28.6. The Morgan fingerprint density at radius 3 is 2.40 bits per heavy atom. The van der Waals surface area contributed by atoms with Gasteiger partial charge in [0.15, 0.2) is 0 Å². The van der Waals surface area contributed by atoms with Crippen molar-refractivity contribution >= 4 is 51.1 Å². The van der Waals surface area contributed by atoms with Crippen LogP contribution >= 0.6 is 39.3 Å². The van der Waals surface area contributed by atoms with E-state index >= 15 is 0 Å². The summed E-state index contributed by atoms with van der Waals surface area (Å²) in [6, 6.07) is 24.8. The van der Waals surface area contributed by atoms with E-state index in [1.165, 1.54) is 11.8 Å². The average Bonchev–Trinajstić information content (AvgIpc) is 2.85. The molecule has 0 fully saturated rings. The summed E-state index contributed by atoms with van der Waals surface area (Å²) in [6.07, 6.45) is 1.29. The Bertz CT molecular complexity index is 1110. The summed E-state index contributed by atoms with van der Waals surface area (Å²) in [5.74, 6) is 0.749. The van der Waals surface area contributed by atoms with Crippen LogP contribution in [0.25, 0.3) is 0 Å². The second kappa shape index (κ2) is 14.3. The molecule has 3 rings (SSSR count). The zero-order valence-electron chi connectivity index (χ0n) is 19.8. The van der Waals surface area contributed by atoms with Crippen molar-refractivity contribution in [3.05, 3.63) is 105 Å². The molecule has 0 aromatic heterocycles. The van der Waals surface area contributed by atoms with E-state index in [0.29, 0.717) is 30.3 Å². The highest BCUT2D eigenvalue weighted by molar-refractivity contribution is 9.10. The highest BCUT2D eigenvalue weighted by Gasteiger charge is 2.30. The Morgan fingerprint density at radius 2 is 1.69 bits per heavy atom. The first-order valence-corrected chi connectivity index (χ1v) is 14.0. The number of carbonyl (C=O) groups is 2. The lowest BCUT2D eigenvalue weighted by molar-refractivity contribution is -0.139. The molecule has 0 aliphatic heterocycles. The lowest BCUT2D eigenvalue weighted by atomic mass is 10.0. The van der Waals surface area contributed by atoms with Crippen molar-refractivity contribution < 1.29 is 9.59 Å². The van der Waals surface area contributed by atoms with Gasteiger partial charge in [0.1, 0.15) is 6.04 Å². The fraction of sp³-hybridized carbons (Fsp3) is 0.286. The molecule has 1 atom stereocenters. The Hall–Kier alpha value is -2.28. The molecular weight excluding hydrogens is 544 g/mol. The third-order valence-corrected chi connectivity index (χ3v) is 7.16. The molecule has 184 valence electrons. The average molecular weight is 574 g/mol. The van der Waals surface area contributed by atoms with Gasteiger partial charge in [-0.15, -0.1) is 11.8 Å². The van der Waals surface area contributed by atoms with Gasteiger partial charge in [0.2, 0.25) is 11.8 Å². The molecule has 0 bridgehead atoms. The third-order valence-electron chi connectivity index (χ3n) is 5.45. The van der Waals surface area contributed by atoms with Crippen molar-refractivity contribution in [3.8, 4) is 0 Å². The van der Waals surface area contributed by atoms with Gasteiger partial charge in [-0.1, -0.05) is 89.1 Å². The predicted molar refractivity (Wildman–Crippen MR) is 150 cm³/mol. The number of hydrogen-bond acceptors (Lipinski definition) is 3. The highest BCUT2D eigenvalue weighted by atomic mass is 79.9. The Balaban J connectivity index is 1.83. The molecule has 0 saturated carbocycles. The molecule has 0 radical (unpaired) electrons. The van der Waals surface area contributed by atoms with Gasteiger partial charge >= 0.3 is 0 Å². The van der Waals surface area contributed by atoms with E-state index in [2.05, 4.69) is 21.2 Å². The van der Waals surface area contributed by atoms with Gasteiger partial charge in [0.05, 0.1) is 5.75 Å². The zero-order valence-corrected chi connectivity index (χ0v) is 22.9. The lowest BCUT2D eigenvalue weighted by Crippen LogP contribution is -2.51. The van der Waals surface area contributed by atoms with E-state index in [4.69, 9.17) is 11.6 Å². The molecule has 1 N–H and O–H groups in total. The number of halogens is 2. The van der Waals surface area contributed by atoms with Crippen LogP contribution in [0, 0.1) is 0 Å². The van der Waals surface area contributed by atoms with Crippen LogP contribution in [0.2, 0.25) is 5.02 Å². The van der Waals surface area contributed by atoms with Crippen molar-refractivity contribution in [2.75, 3.05) is 12.3 Å². The van der Waals surface area contributed by atoms with Gasteiger partial charge in [-0.2, -0.15) is 0 Å². The maximum Gasteiger partial charge on any atom is 0.243 e. The van der Waals surface area contributed by atoms with Crippen LogP contribution in [0.5, 0.6) is 0 Å². The van der Waals surface area contributed by atoms with Gasteiger partial charge in [-0.25, -0.2) is 0 Å². The van der Waals surface area contributed by atoms with Gasteiger partial charge in [0, 0.05) is 34.8 Å². The molecular formula is C28H30BrClN2O2S. The quantitative estimate of drug-likeness (QED) is 0.269. The number of nitrogens with one attached hydrogen (secondary N) is 1. The van der Waals surface area contributed by atoms with E-state index < -0.39 is 6.04 Å². The van der Waals surface area contributed by atoms with Gasteiger partial charge in [-0.3, -0.25) is 9.59 Å². The third kappa shape index (κ3) is 9.02. The van der Waals surface area contributed by atoms with Crippen molar-refractivity contribution in [2.24, 2.45) is 0 Å². The number of benzene rings is 3. The molecule has 0 spiro atoms. The van der Waals surface area contributed by atoms with Gasteiger partial charge < -0.3 is 10.2 Å². The zero-order chi connectivity index (χ0) is 25.0. The minimum Gasteiger partial charge on any atom is -0.354 e. The number of thioether (sulfide) groups is 1. The van der Waals surface area contributed by atoms with Crippen LogP contribution in [0.1, 0.15) is 30.0 Å². The molecule has 2 amide bonds. The molecule has 0 aliphatic carbocycles. The first-order valence-electron chi connectivity index (χ1n) is 11.6. The smallest absolute Gasteiger partial charge is 0.243 e. The van der Waals surface area contributed by atoms with Crippen molar-refractivity contribution in [2.45, 2.75) is 38.1 Å². The summed E-state index contributed by atoms with van der Waals surface area (Å²) in [6.45, 7) is 2.95. The minimum absolute atomic E-state index is 0.0652. The summed E-state index contributed by atoms with van der Waals surface area (Å²) in [7, 11) is 0. The Kier molecular flexibility index (Phi) is 11.2. The van der Waals surface area contributed by atoms with Crippen LogP contribution in [-0.2, 0) is 28.3 Å². The molecule has 3 aromatic carbocycles. The topological polar surface area (TPSA) is 49.4 Å². The van der Waals surface area contributed by atoms with Crippen LogP contribution in [-0.4, -0.2) is 35.1 Å². The van der Waals surface area contributed by atoms with Crippen LogP contribution in [0.3, 0.4) is 0 Å². The normalized spacial score (nSPS) is 11.6. The Labute approximate surface area is 225 Å². The second-order valence-corrected chi connectivity index (χ2v) is 10.6. The van der Waals surface area contributed by atoms with Crippen molar-refractivity contribution in [3.63, 3.8) is 0 Å². The van der Waals surface area contributed by atoms with E-state index in [1.807, 2.05) is 85.8 Å². The van der Waals surface area contributed by atoms with E-state index in [1.54, 1.807) is 4.90 Å². The SMILES string of the molecule is CCCNC(=O)[C@@H](Cc1ccccc1)N(Cc1cccc(Br)c1)C(=O)CSCc1cccc(Cl)c1. The number of rotatable bonds is 12. The summed E-state index contributed by atoms with van der Waals surface area (Å²) >= 11 is 11.1. The summed E-state index contributed by atoms with van der Waals surface area (Å²) < 4.78 is 0.938. The second-order valence-electron chi connectivity index (χ2n) is 8.27. The van der Waals surface area contributed by atoms with E-state index in [9.17, 15) is 9.59 Å². The fourth-order valence-corrected chi connectivity index (χ4v) is 5.24. The first kappa shape index (κ1) is 27.3. The maximum absolute atomic E-state index is 13.6. The monoisotopic (exact) mass is 572 g/mol. The summed E-state index contributed by atoms with van der Waals surface area (Å²) in [5.41, 5.74) is 3.05. The van der Waals surface area contributed by atoms with Gasteiger partial charge in [0.25, 0.3) is 0 Å². The molecule has 7 heteroatoms. The minimum atomic E-state index is -0.609. The number of carbonyl (C=O) groups excluding carboxylic acids is 2. The first-order chi connectivity index (χ1) is 17.0. The molecule has 0 unspecified atom stereocenters. The number of amides is 2. The van der Waals surface area contributed by atoms with Crippen molar-refractivity contribution in [1.82, 2.24) is 10.2 Å². The maximum atomic E-state index is 13.6. The van der Waals surface area contributed by atoms with Crippen LogP contribution < -0.4 is 5.32 Å².